The van der Waals surface area contributed by atoms with Crippen LogP contribution in [0, 0.1) is 0 Å². The molecule has 2 N–H and O–H groups in total. The summed E-state index contributed by atoms with van der Waals surface area (Å²) in [5.74, 6) is 1.26. The number of pyridine rings is 2. The molecular weight excluding hydrogens is 392 g/mol. The van der Waals surface area contributed by atoms with E-state index in [4.69, 9.17) is 20.3 Å². The third kappa shape index (κ3) is 3.63. The minimum atomic E-state index is -0.0128. The van der Waals surface area contributed by atoms with Crippen LogP contribution in [0.2, 0.25) is 0 Å². The van der Waals surface area contributed by atoms with Crippen molar-refractivity contribution in [1.82, 2.24) is 24.6 Å². The van der Waals surface area contributed by atoms with Crippen LogP contribution in [0.15, 0.2) is 48.8 Å². The number of nitrogens with two attached hydrogens (primary N) is 1. The van der Waals surface area contributed by atoms with Gasteiger partial charge in [-0.2, -0.15) is 5.06 Å². The van der Waals surface area contributed by atoms with Crippen molar-refractivity contribution in [3.05, 3.63) is 60.2 Å². The summed E-state index contributed by atoms with van der Waals surface area (Å²) in [4.78, 5) is 19.8. The van der Waals surface area contributed by atoms with Crippen molar-refractivity contribution >= 4 is 27.8 Å². The molecule has 0 aliphatic carbocycles. The van der Waals surface area contributed by atoms with Gasteiger partial charge in [0.05, 0.1) is 29.7 Å². The molecule has 3 aromatic heterocycles. The molecule has 1 saturated heterocycles. The Hall–Kier alpha value is -3.07. The number of benzene rings is 1. The van der Waals surface area contributed by atoms with Crippen LogP contribution >= 0.6 is 0 Å². The molecule has 1 aliphatic heterocycles. The van der Waals surface area contributed by atoms with Gasteiger partial charge in [-0.3, -0.25) is 9.82 Å². The number of ether oxygens (including phenoxy) is 1. The molecule has 5 rings (SSSR count). The van der Waals surface area contributed by atoms with Gasteiger partial charge in [-0.05, 0) is 31.0 Å². The molecule has 1 aromatic carbocycles. The smallest absolute Gasteiger partial charge is 0.152 e. The molecule has 8 nitrogen and oxygen atoms in total. The first-order chi connectivity index (χ1) is 15.2. The van der Waals surface area contributed by atoms with Crippen LogP contribution < -0.4 is 5.73 Å². The van der Waals surface area contributed by atoms with E-state index in [1.807, 2.05) is 49.5 Å². The largest absolute Gasteiger partial charge is 0.382 e. The summed E-state index contributed by atoms with van der Waals surface area (Å²) in [6, 6.07) is 12.2. The molecule has 4 aromatic rings. The maximum absolute atomic E-state index is 6.29. The zero-order chi connectivity index (χ0) is 21.4. The highest BCUT2D eigenvalue weighted by Crippen LogP contribution is 2.35. The number of imidazole rings is 1. The Balaban J connectivity index is 1.55. The summed E-state index contributed by atoms with van der Waals surface area (Å²) >= 11 is 0. The maximum atomic E-state index is 6.29. The first-order valence-corrected chi connectivity index (χ1v) is 10.6. The fourth-order valence-corrected chi connectivity index (χ4v) is 4.38. The number of aromatic nitrogens is 4. The predicted molar refractivity (Wildman–Crippen MR) is 119 cm³/mol. The number of rotatable bonds is 6. The van der Waals surface area contributed by atoms with E-state index in [9.17, 15) is 0 Å². The van der Waals surface area contributed by atoms with Gasteiger partial charge in [0.25, 0.3) is 0 Å². The van der Waals surface area contributed by atoms with Gasteiger partial charge in [0.1, 0.15) is 17.9 Å². The molecule has 1 aliphatic rings. The molecule has 31 heavy (non-hydrogen) atoms. The fourth-order valence-electron chi connectivity index (χ4n) is 4.38. The zero-order valence-electron chi connectivity index (χ0n) is 17.7. The predicted octanol–water partition coefficient (Wildman–Crippen LogP) is 3.48. The molecule has 2 atom stereocenters. The number of hydrogen-bond acceptors (Lipinski definition) is 7. The van der Waals surface area contributed by atoms with Crippen LogP contribution in [0.4, 0.5) is 5.82 Å². The number of nitrogen functional groups attached to an aromatic ring is 1. The van der Waals surface area contributed by atoms with Crippen molar-refractivity contribution in [3.8, 4) is 0 Å². The number of anilines is 1. The average molecular weight is 419 g/mol. The van der Waals surface area contributed by atoms with Gasteiger partial charge in [0.2, 0.25) is 0 Å². The Morgan fingerprint density at radius 3 is 2.87 bits per heavy atom. The maximum Gasteiger partial charge on any atom is 0.152 e. The zero-order valence-corrected chi connectivity index (χ0v) is 17.7. The monoisotopic (exact) mass is 418 g/mol. The van der Waals surface area contributed by atoms with Crippen molar-refractivity contribution in [2.45, 2.75) is 38.6 Å². The summed E-state index contributed by atoms with van der Waals surface area (Å²) in [5.41, 5.74) is 9.98. The number of nitrogens with zero attached hydrogens (tertiary/aromatic N) is 5. The van der Waals surface area contributed by atoms with Crippen molar-refractivity contribution < 1.29 is 9.57 Å². The van der Waals surface area contributed by atoms with Crippen LogP contribution in [0.1, 0.15) is 30.8 Å². The lowest BCUT2D eigenvalue weighted by atomic mass is 10.0. The first kappa shape index (κ1) is 19.9. The Kier molecular flexibility index (Phi) is 5.27. The lowest BCUT2D eigenvalue weighted by Crippen LogP contribution is -2.20. The fraction of sp³-hybridized carbons (Fsp3) is 0.348. The highest BCUT2D eigenvalue weighted by Gasteiger charge is 2.33. The van der Waals surface area contributed by atoms with Gasteiger partial charge in [-0.25, -0.2) is 9.97 Å². The van der Waals surface area contributed by atoms with E-state index in [2.05, 4.69) is 26.7 Å². The third-order valence-electron chi connectivity index (χ3n) is 5.82. The van der Waals surface area contributed by atoms with E-state index in [-0.39, 0.29) is 12.1 Å². The van der Waals surface area contributed by atoms with Gasteiger partial charge in [-0.1, -0.05) is 24.3 Å². The van der Waals surface area contributed by atoms with E-state index in [0.29, 0.717) is 31.1 Å². The molecule has 0 amide bonds. The average Bonchev–Trinajstić information content (AvgIpc) is 3.34. The Bertz CT molecular complexity index is 1210. The van der Waals surface area contributed by atoms with Crippen LogP contribution in [0.5, 0.6) is 0 Å². The van der Waals surface area contributed by atoms with Crippen LogP contribution in [0.3, 0.4) is 0 Å². The second kappa shape index (κ2) is 8.22. The molecular formula is C23H26N6O2. The minimum Gasteiger partial charge on any atom is -0.382 e. The van der Waals surface area contributed by atoms with E-state index < -0.39 is 0 Å². The van der Waals surface area contributed by atoms with Crippen LogP contribution in [-0.2, 0) is 22.7 Å². The van der Waals surface area contributed by atoms with Crippen LogP contribution in [-0.4, -0.2) is 44.3 Å². The van der Waals surface area contributed by atoms with Crippen molar-refractivity contribution in [3.63, 3.8) is 0 Å². The van der Waals surface area contributed by atoms with Gasteiger partial charge >= 0.3 is 0 Å². The van der Waals surface area contributed by atoms with Gasteiger partial charge in [-0.15, -0.1) is 0 Å². The summed E-state index contributed by atoms with van der Waals surface area (Å²) in [7, 11) is 1.97. The lowest BCUT2D eigenvalue weighted by Gasteiger charge is -2.17. The number of fused-ring (bicyclic) bond motifs is 3. The number of para-hydroxylation sites is 1. The highest BCUT2D eigenvalue weighted by molar-refractivity contribution is 6.06. The number of hydrogen-bond donors (Lipinski definition) is 1. The summed E-state index contributed by atoms with van der Waals surface area (Å²) in [5, 5.41) is 2.95. The molecule has 8 heteroatoms. The second-order valence-corrected chi connectivity index (χ2v) is 7.80. The Labute approximate surface area is 180 Å². The van der Waals surface area contributed by atoms with E-state index in [1.54, 1.807) is 6.20 Å². The van der Waals surface area contributed by atoms with E-state index >= 15 is 0 Å². The van der Waals surface area contributed by atoms with Gasteiger partial charge < -0.3 is 15.0 Å². The summed E-state index contributed by atoms with van der Waals surface area (Å²) < 4.78 is 7.90. The Morgan fingerprint density at radius 1 is 1.19 bits per heavy atom. The topological polar surface area (TPSA) is 91.3 Å². The minimum absolute atomic E-state index is 0.0128. The molecule has 0 saturated carbocycles. The third-order valence-corrected chi connectivity index (χ3v) is 5.82. The van der Waals surface area contributed by atoms with Crippen LogP contribution in [0.25, 0.3) is 21.9 Å². The van der Waals surface area contributed by atoms with E-state index in [0.717, 1.165) is 34.2 Å². The molecule has 0 radical (unpaired) electrons. The van der Waals surface area contributed by atoms with Gasteiger partial charge in [0, 0.05) is 31.4 Å². The first-order valence-electron chi connectivity index (χ1n) is 10.6. The number of hydroxylamine groups is 2. The standard InChI is InChI=1S/C23H26N6O2/c1-3-30-14-20-27-21-22(17-8-4-5-9-18(17)26-23(21)24)29(20)13-16-11-19(28(2)31-16)15-7-6-10-25-12-15/h4-10,12,16,19H,3,11,13-14H2,1-2H3,(H2,24,26). The molecule has 4 heterocycles. The highest BCUT2D eigenvalue weighted by atomic mass is 16.7. The summed E-state index contributed by atoms with van der Waals surface area (Å²) in [6.07, 6.45) is 4.54. The second-order valence-electron chi connectivity index (χ2n) is 7.80. The molecule has 1 fully saturated rings. The quantitative estimate of drug-likeness (QED) is 0.513. The SMILES string of the molecule is CCOCc1nc2c(N)nc3ccccc3c2n1CC1CC(c2cccnc2)N(C)O1. The van der Waals surface area contributed by atoms with Crippen molar-refractivity contribution in [2.24, 2.45) is 0 Å². The lowest BCUT2D eigenvalue weighted by molar-refractivity contribution is -0.147. The molecule has 0 bridgehead atoms. The summed E-state index contributed by atoms with van der Waals surface area (Å²) in [6.45, 7) is 3.65. The normalized spacial score (nSPS) is 19.5. The molecule has 0 spiro atoms. The van der Waals surface area contributed by atoms with E-state index in [1.165, 1.54) is 0 Å². The molecule has 2 unspecified atom stereocenters. The molecule has 160 valence electrons. The van der Waals surface area contributed by atoms with Crippen molar-refractivity contribution in [2.75, 3.05) is 19.4 Å². The van der Waals surface area contributed by atoms with Gasteiger partial charge in [0.15, 0.2) is 5.82 Å². The van der Waals surface area contributed by atoms with Crippen molar-refractivity contribution in [1.29, 1.82) is 0 Å². The Morgan fingerprint density at radius 2 is 2.06 bits per heavy atom.